The predicted octanol–water partition coefficient (Wildman–Crippen LogP) is 1.82. The topological polar surface area (TPSA) is 77.8 Å². The fourth-order valence-electron chi connectivity index (χ4n) is 0.901. The van der Waals surface area contributed by atoms with Gasteiger partial charge in [0.05, 0.1) is 10.8 Å². The number of halogens is 1. The summed E-state index contributed by atoms with van der Waals surface area (Å²) in [7, 11) is 0. The summed E-state index contributed by atoms with van der Waals surface area (Å²) < 4.78 is 21.4. The van der Waals surface area contributed by atoms with Crippen molar-refractivity contribution in [2.45, 2.75) is 6.42 Å². The van der Waals surface area contributed by atoms with Crippen LogP contribution in [0.2, 0.25) is 4.34 Å². The minimum atomic E-state index is -2.24. The van der Waals surface area contributed by atoms with Crippen LogP contribution in [0.15, 0.2) is 12.1 Å². The molecule has 2 N–H and O–H groups in total. The summed E-state index contributed by atoms with van der Waals surface area (Å²) in [4.78, 5) is 10.3. The normalized spacial score (nSPS) is 12.4. The van der Waals surface area contributed by atoms with E-state index in [1.165, 1.54) is 0 Å². The second-order valence-corrected chi connectivity index (χ2v) is 5.15. The Balaban J connectivity index is 2.74. The second kappa shape index (κ2) is 5.45. The number of hydrogen-bond donors (Lipinski definition) is 2. The van der Waals surface area contributed by atoms with Crippen LogP contribution in [0, 0.1) is 0 Å². The van der Waals surface area contributed by atoms with Crippen molar-refractivity contribution < 1.29 is 18.7 Å². The lowest BCUT2D eigenvalue weighted by atomic mass is 10.4. The highest BCUT2D eigenvalue weighted by Gasteiger charge is 2.15. The van der Waals surface area contributed by atoms with Crippen LogP contribution in [0.4, 0.5) is 5.00 Å². The van der Waals surface area contributed by atoms with Gasteiger partial charge in [-0.25, -0.2) is 4.21 Å². The van der Waals surface area contributed by atoms with Crippen LogP contribution in [0.1, 0.15) is 6.42 Å². The maximum absolute atomic E-state index is 10.9. The Morgan fingerprint density at radius 1 is 1.60 bits per heavy atom. The van der Waals surface area contributed by atoms with E-state index in [2.05, 4.69) is 0 Å². The highest BCUT2D eigenvalue weighted by atomic mass is 35.5. The van der Waals surface area contributed by atoms with Gasteiger partial charge in [-0.3, -0.25) is 13.7 Å². The van der Waals surface area contributed by atoms with Crippen LogP contribution in [0.3, 0.4) is 0 Å². The van der Waals surface area contributed by atoms with Gasteiger partial charge in [0.15, 0.2) is 0 Å². The van der Waals surface area contributed by atoms with Crippen molar-refractivity contribution in [2.75, 3.05) is 10.8 Å². The zero-order valence-corrected chi connectivity index (χ0v) is 9.81. The summed E-state index contributed by atoms with van der Waals surface area (Å²) in [6, 6.07) is 3.16. The zero-order chi connectivity index (χ0) is 11.4. The van der Waals surface area contributed by atoms with Gasteiger partial charge in [-0.05, 0) is 12.1 Å². The minimum absolute atomic E-state index is 0.0325. The van der Waals surface area contributed by atoms with E-state index in [0.29, 0.717) is 9.34 Å². The number of hydrogen-bond acceptors (Lipinski definition) is 3. The van der Waals surface area contributed by atoms with Crippen molar-refractivity contribution in [3.05, 3.63) is 16.5 Å². The van der Waals surface area contributed by atoms with Gasteiger partial charge >= 0.3 is 5.97 Å². The van der Waals surface area contributed by atoms with Gasteiger partial charge in [0.1, 0.15) is 5.00 Å². The molecule has 8 heteroatoms. The van der Waals surface area contributed by atoms with Crippen LogP contribution in [0.25, 0.3) is 0 Å². The molecular formula is C7H8ClNO4S2. The maximum Gasteiger partial charge on any atom is 0.305 e. The Morgan fingerprint density at radius 3 is 2.67 bits per heavy atom. The molecule has 1 heterocycles. The summed E-state index contributed by atoms with van der Waals surface area (Å²) in [5.74, 6) is -1.02. The molecule has 1 atom stereocenters. The van der Waals surface area contributed by atoms with Crippen molar-refractivity contribution in [3.8, 4) is 0 Å². The molecule has 0 amide bonds. The molecule has 0 radical (unpaired) electrons. The monoisotopic (exact) mass is 269 g/mol. The third-order valence-corrected chi connectivity index (χ3v) is 3.65. The van der Waals surface area contributed by atoms with Gasteiger partial charge in [-0.15, -0.1) is 11.3 Å². The van der Waals surface area contributed by atoms with Gasteiger partial charge in [0.25, 0.3) is 11.3 Å². The van der Waals surface area contributed by atoms with Crippen molar-refractivity contribution in [2.24, 2.45) is 0 Å². The second-order valence-electron chi connectivity index (χ2n) is 2.55. The molecule has 0 saturated carbocycles. The number of thiophene rings is 1. The van der Waals surface area contributed by atoms with Crippen LogP contribution in [-0.4, -0.2) is 26.4 Å². The lowest BCUT2D eigenvalue weighted by molar-refractivity contribution is -0.136. The lowest BCUT2D eigenvalue weighted by Gasteiger charge is -2.16. The minimum Gasteiger partial charge on any atom is -0.481 e. The van der Waals surface area contributed by atoms with E-state index in [9.17, 15) is 9.00 Å². The Hall–Kier alpha value is -0.630. The Morgan fingerprint density at radius 2 is 2.27 bits per heavy atom. The van der Waals surface area contributed by atoms with E-state index in [0.717, 1.165) is 15.6 Å². The molecule has 0 fully saturated rings. The average molecular weight is 270 g/mol. The smallest absolute Gasteiger partial charge is 0.305 e. The average Bonchev–Trinajstić information content (AvgIpc) is 2.51. The molecule has 1 unspecified atom stereocenters. The van der Waals surface area contributed by atoms with E-state index in [1.54, 1.807) is 12.1 Å². The Kier molecular flexibility index (Phi) is 4.52. The first-order chi connectivity index (χ1) is 7.00. The van der Waals surface area contributed by atoms with Crippen LogP contribution in [-0.2, 0) is 16.1 Å². The fraction of sp³-hybridized carbons (Fsp3) is 0.286. The number of carboxylic acids is 1. The van der Waals surface area contributed by atoms with E-state index < -0.39 is 17.2 Å². The number of rotatable bonds is 5. The van der Waals surface area contributed by atoms with Gasteiger partial charge < -0.3 is 5.11 Å². The quantitative estimate of drug-likeness (QED) is 0.800. The summed E-state index contributed by atoms with van der Waals surface area (Å²) in [5.41, 5.74) is 0. The third-order valence-electron chi connectivity index (χ3n) is 1.52. The first-order valence-corrected chi connectivity index (χ1v) is 6.12. The van der Waals surface area contributed by atoms with Gasteiger partial charge in [-0.2, -0.15) is 0 Å². The molecule has 0 aromatic carbocycles. The van der Waals surface area contributed by atoms with Crippen molar-refractivity contribution in [3.63, 3.8) is 0 Å². The van der Waals surface area contributed by atoms with Crippen LogP contribution < -0.4 is 4.31 Å². The van der Waals surface area contributed by atoms with Crippen molar-refractivity contribution >= 4 is 45.2 Å². The van der Waals surface area contributed by atoms with E-state index in [-0.39, 0.29) is 13.0 Å². The van der Waals surface area contributed by atoms with Gasteiger partial charge in [0.2, 0.25) is 0 Å². The summed E-state index contributed by atoms with van der Waals surface area (Å²) >= 11 is 4.55. The standard InChI is InChI=1S/C7H8ClNO4S2/c8-5-1-2-6(14-5)9(15(12)13)4-3-7(10)11/h1-2H,3-4H2,(H,10,11)(H,12,13). The molecule has 1 aromatic rings. The Bertz CT molecular complexity index is 381. The number of nitrogens with zero attached hydrogens (tertiary/aromatic N) is 1. The summed E-state index contributed by atoms with van der Waals surface area (Å²) in [6.07, 6.45) is -0.207. The van der Waals surface area contributed by atoms with E-state index >= 15 is 0 Å². The Labute approximate surface area is 97.7 Å². The molecule has 0 bridgehead atoms. The molecule has 1 aromatic heterocycles. The predicted molar refractivity (Wildman–Crippen MR) is 59.7 cm³/mol. The fourth-order valence-corrected chi connectivity index (χ4v) is 2.63. The number of carboxylic acid groups (broad SMARTS) is 1. The largest absolute Gasteiger partial charge is 0.481 e. The molecule has 5 nitrogen and oxygen atoms in total. The molecule has 0 aliphatic rings. The molecule has 0 saturated heterocycles. The molecule has 84 valence electrons. The highest BCUT2D eigenvalue weighted by molar-refractivity contribution is 7.81. The summed E-state index contributed by atoms with van der Waals surface area (Å²) in [6.45, 7) is -0.0325. The highest BCUT2D eigenvalue weighted by Crippen LogP contribution is 2.30. The van der Waals surface area contributed by atoms with Gasteiger partial charge in [-0.1, -0.05) is 11.6 Å². The first kappa shape index (κ1) is 12.4. The van der Waals surface area contributed by atoms with Crippen LogP contribution >= 0.6 is 22.9 Å². The molecule has 15 heavy (non-hydrogen) atoms. The van der Waals surface area contributed by atoms with E-state index in [4.69, 9.17) is 21.3 Å². The zero-order valence-electron chi connectivity index (χ0n) is 7.42. The number of carbonyl (C=O) groups is 1. The number of aliphatic carboxylic acids is 1. The summed E-state index contributed by atoms with van der Waals surface area (Å²) in [5, 5.41) is 8.94. The first-order valence-electron chi connectivity index (χ1n) is 3.86. The molecule has 1 rings (SSSR count). The molecule has 0 aliphatic heterocycles. The van der Waals surface area contributed by atoms with E-state index in [1.807, 2.05) is 0 Å². The SMILES string of the molecule is O=C(O)CCN(c1ccc(Cl)s1)S(=O)O. The molecular weight excluding hydrogens is 262 g/mol. The van der Waals surface area contributed by atoms with Gasteiger partial charge in [0, 0.05) is 6.54 Å². The maximum atomic E-state index is 10.9. The molecule has 0 aliphatic carbocycles. The number of anilines is 1. The third kappa shape index (κ3) is 3.78. The molecule has 0 spiro atoms. The van der Waals surface area contributed by atoms with Crippen molar-refractivity contribution in [1.29, 1.82) is 0 Å². The van der Waals surface area contributed by atoms with Crippen molar-refractivity contribution in [1.82, 2.24) is 0 Å². The van der Waals surface area contributed by atoms with Crippen LogP contribution in [0.5, 0.6) is 0 Å². The lowest BCUT2D eigenvalue weighted by Crippen LogP contribution is -2.27.